The van der Waals surface area contributed by atoms with Gasteiger partial charge in [0.1, 0.15) is 0 Å². The van der Waals surface area contributed by atoms with E-state index in [0.29, 0.717) is 13.0 Å². The molecule has 8 nitrogen and oxygen atoms in total. The van der Waals surface area contributed by atoms with E-state index in [-0.39, 0.29) is 0 Å². The van der Waals surface area contributed by atoms with Gasteiger partial charge >= 0.3 is 12.0 Å². The molecule has 0 aromatic carbocycles. The van der Waals surface area contributed by atoms with Crippen LogP contribution in [0.1, 0.15) is 5.69 Å². The molecule has 2 amide bonds. The van der Waals surface area contributed by atoms with Gasteiger partial charge in [0.05, 0.1) is 6.61 Å². The van der Waals surface area contributed by atoms with E-state index in [1.165, 1.54) is 0 Å². The minimum atomic E-state index is -1.29. The van der Waals surface area contributed by atoms with E-state index in [2.05, 4.69) is 15.7 Å². The zero-order valence-corrected chi connectivity index (χ0v) is 9.96. The number of carboxylic acid groups (broad SMARTS) is 1. The van der Waals surface area contributed by atoms with Gasteiger partial charge in [-0.05, 0) is 6.07 Å². The van der Waals surface area contributed by atoms with Gasteiger partial charge in [0.2, 0.25) is 0 Å². The van der Waals surface area contributed by atoms with Crippen LogP contribution in [0.2, 0.25) is 0 Å². The first-order valence-electron chi connectivity index (χ1n) is 5.39. The lowest BCUT2D eigenvalue weighted by atomic mass is 10.3. The number of carbonyl (C=O) groups is 2. The lowest BCUT2D eigenvalue weighted by Gasteiger charge is -2.12. The zero-order chi connectivity index (χ0) is 13.5. The summed E-state index contributed by atoms with van der Waals surface area (Å²) < 4.78 is 1.69. The van der Waals surface area contributed by atoms with Gasteiger partial charge in [0.15, 0.2) is 6.04 Å². The first-order chi connectivity index (χ1) is 8.54. The fourth-order valence-electron chi connectivity index (χ4n) is 1.35. The smallest absolute Gasteiger partial charge is 0.328 e. The molecule has 0 aliphatic carbocycles. The Morgan fingerprint density at radius 3 is 2.78 bits per heavy atom. The van der Waals surface area contributed by atoms with Crippen LogP contribution in [0.4, 0.5) is 4.79 Å². The van der Waals surface area contributed by atoms with Crippen molar-refractivity contribution < 1.29 is 19.8 Å². The number of nitrogens with zero attached hydrogens (tertiary/aromatic N) is 2. The highest BCUT2D eigenvalue weighted by Gasteiger charge is 2.18. The molecule has 1 atom stereocenters. The molecule has 1 aromatic rings. The molecule has 1 rings (SSSR count). The van der Waals surface area contributed by atoms with Crippen LogP contribution in [0.5, 0.6) is 0 Å². The summed E-state index contributed by atoms with van der Waals surface area (Å²) in [6.45, 7) is -0.298. The number of aliphatic hydroxyl groups excluding tert-OH is 1. The molecule has 0 radical (unpaired) electrons. The quantitative estimate of drug-likeness (QED) is 0.505. The number of nitrogens with one attached hydrogen (secondary N) is 2. The number of rotatable bonds is 6. The lowest BCUT2D eigenvalue weighted by Crippen LogP contribution is -2.48. The van der Waals surface area contributed by atoms with Crippen LogP contribution in [0.25, 0.3) is 0 Å². The maximum absolute atomic E-state index is 11.3. The van der Waals surface area contributed by atoms with Crippen LogP contribution in [-0.2, 0) is 18.3 Å². The Morgan fingerprint density at radius 2 is 2.28 bits per heavy atom. The number of aliphatic carboxylic acids is 1. The van der Waals surface area contributed by atoms with Gasteiger partial charge < -0.3 is 20.8 Å². The van der Waals surface area contributed by atoms with Gasteiger partial charge in [-0.25, -0.2) is 9.59 Å². The Kier molecular flexibility index (Phi) is 5.12. The number of carbonyl (C=O) groups excluding carboxylic acids is 1. The molecule has 0 aliphatic heterocycles. The zero-order valence-electron chi connectivity index (χ0n) is 9.96. The highest BCUT2D eigenvalue weighted by atomic mass is 16.4. The SMILES string of the molecule is Cn1nccc1CCNC(=O)NC(CO)C(=O)O. The minimum Gasteiger partial charge on any atom is -0.480 e. The summed E-state index contributed by atoms with van der Waals surface area (Å²) in [6.07, 6.45) is 2.24. The third-order valence-electron chi connectivity index (χ3n) is 2.38. The summed E-state index contributed by atoms with van der Waals surface area (Å²) in [7, 11) is 1.79. The number of amides is 2. The van der Waals surface area contributed by atoms with Crippen molar-refractivity contribution in [3.63, 3.8) is 0 Å². The Labute approximate surface area is 104 Å². The van der Waals surface area contributed by atoms with Gasteiger partial charge in [-0.3, -0.25) is 4.68 Å². The number of aryl methyl sites for hydroxylation is 1. The third kappa shape index (κ3) is 4.06. The lowest BCUT2D eigenvalue weighted by molar-refractivity contribution is -0.140. The topological polar surface area (TPSA) is 116 Å². The van der Waals surface area contributed by atoms with Crippen molar-refractivity contribution in [3.05, 3.63) is 18.0 Å². The molecule has 0 saturated heterocycles. The molecular formula is C10H16N4O4. The highest BCUT2D eigenvalue weighted by molar-refractivity contribution is 5.82. The highest BCUT2D eigenvalue weighted by Crippen LogP contribution is 1.95. The summed E-state index contributed by atoms with van der Waals surface area (Å²) >= 11 is 0. The molecule has 100 valence electrons. The maximum atomic E-state index is 11.3. The molecule has 0 bridgehead atoms. The molecular weight excluding hydrogens is 240 g/mol. The molecule has 1 unspecified atom stereocenters. The van der Waals surface area contributed by atoms with E-state index in [9.17, 15) is 9.59 Å². The van der Waals surface area contributed by atoms with Crippen LogP contribution < -0.4 is 10.6 Å². The van der Waals surface area contributed by atoms with Crippen LogP contribution in [0.15, 0.2) is 12.3 Å². The van der Waals surface area contributed by atoms with E-state index >= 15 is 0 Å². The van der Waals surface area contributed by atoms with Gasteiger partial charge in [-0.15, -0.1) is 0 Å². The molecule has 0 spiro atoms. The van der Waals surface area contributed by atoms with Crippen molar-refractivity contribution in [2.75, 3.05) is 13.2 Å². The number of hydrogen-bond donors (Lipinski definition) is 4. The van der Waals surface area contributed by atoms with Crippen molar-refractivity contribution in [3.8, 4) is 0 Å². The second kappa shape index (κ2) is 6.60. The van der Waals surface area contributed by atoms with Gasteiger partial charge in [0.25, 0.3) is 0 Å². The van der Waals surface area contributed by atoms with Gasteiger partial charge in [-0.1, -0.05) is 0 Å². The van der Waals surface area contributed by atoms with E-state index < -0.39 is 24.6 Å². The molecule has 0 saturated carbocycles. The summed E-state index contributed by atoms with van der Waals surface area (Å²) in [5.41, 5.74) is 0.951. The second-order valence-electron chi connectivity index (χ2n) is 3.67. The largest absolute Gasteiger partial charge is 0.480 e. The number of hydrogen-bond acceptors (Lipinski definition) is 4. The summed E-state index contributed by atoms with van der Waals surface area (Å²) in [4.78, 5) is 21.9. The Hall–Kier alpha value is -2.09. The molecule has 0 aliphatic rings. The second-order valence-corrected chi connectivity index (χ2v) is 3.67. The standard InChI is InChI=1S/C10H16N4O4/c1-14-7(3-5-12-14)2-4-11-10(18)13-8(6-15)9(16)17/h3,5,8,15H,2,4,6H2,1H3,(H,16,17)(H2,11,13,18). The van der Waals surface area contributed by atoms with Crippen LogP contribution >= 0.6 is 0 Å². The summed E-state index contributed by atoms with van der Waals surface area (Å²) in [6, 6.07) is -0.0896. The molecule has 1 aromatic heterocycles. The van der Waals surface area contributed by atoms with Gasteiger partial charge in [0, 0.05) is 31.9 Å². The van der Waals surface area contributed by atoms with Crippen LogP contribution in [0.3, 0.4) is 0 Å². The average molecular weight is 256 g/mol. The van der Waals surface area contributed by atoms with Crippen LogP contribution in [0, 0.1) is 0 Å². The minimum absolute atomic E-state index is 0.350. The van der Waals surface area contributed by atoms with Crippen molar-refractivity contribution in [1.29, 1.82) is 0 Å². The number of carboxylic acids is 1. The van der Waals surface area contributed by atoms with Crippen molar-refractivity contribution in [2.24, 2.45) is 7.05 Å². The molecule has 8 heteroatoms. The Morgan fingerprint density at radius 1 is 1.56 bits per heavy atom. The molecule has 4 N–H and O–H groups in total. The van der Waals surface area contributed by atoms with E-state index in [0.717, 1.165) is 5.69 Å². The van der Waals surface area contributed by atoms with Crippen molar-refractivity contribution in [2.45, 2.75) is 12.5 Å². The number of aliphatic hydroxyl groups is 1. The number of aromatic nitrogens is 2. The fourth-order valence-corrected chi connectivity index (χ4v) is 1.35. The fraction of sp³-hybridized carbons (Fsp3) is 0.500. The summed E-state index contributed by atoms with van der Waals surface area (Å²) in [5.74, 6) is -1.28. The average Bonchev–Trinajstić information content (AvgIpc) is 2.71. The first kappa shape index (κ1) is 14.0. The van der Waals surface area contributed by atoms with Crippen molar-refractivity contribution >= 4 is 12.0 Å². The predicted octanol–water partition coefficient (Wildman–Crippen LogP) is -1.29. The Bertz CT molecular complexity index is 418. The van der Waals surface area contributed by atoms with E-state index in [1.54, 1.807) is 17.9 Å². The van der Waals surface area contributed by atoms with E-state index in [4.69, 9.17) is 10.2 Å². The first-order valence-corrected chi connectivity index (χ1v) is 5.39. The summed E-state index contributed by atoms with van der Waals surface area (Å²) in [5, 5.41) is 26.0. The normalized spacial score (nSPS) is 11.9. The van der Waals surface area contributed by atoms with E-state index in [1.807, 2.05) is 6.07 Å². The molecule has 18 heavy (non-hydrogen) atoms. The predicted molar refractivity (Wildman–Crippen MR) is 62.0 cm³/mol. The molecule has 1 heterocycles. The Balaban J connectivity index is 2.29. The number of urea groups is 1. The van der Waals surface area contributed by atoms with Crippen LogP contribution in [-0.4, -0.2) is 51.2 Å². The third-order valence-corrected chi connectivity index (χ3v) is 2.38. The van der Waals surface area contributed by atoms with Gasteiger partial charge in [-0.2, -0.15) is 5.10 Å². The monoisotopic (exact) mass is 256 g/mol. The maximum Gasteiger partial charge on any atom is 0.328 e. The molecule has 0 fully saturated rings. The van der Waals surface area contributed by atoms with Crippen molar-refractivity contribution in [1.82, 2.24) is 20.4 Å².